The average Bonchev–Trinajstić information content (AvgIpc) is 3.45. The number of aromatic nitrogens is 3. The minimum Gasteiger partial charge on any atom is -0.455 e. The fourth-order valence-corrected chi connectivity index (χ4v) is 3.77. The Morgan fingerprint density at radius 3 is 2.83 bits per heavy atom. The van der Waals surface area contributed by atoms with Gasteiger partial charge in [-0.25, -0.2) is 14.4 Å². The molecule has 4 aromatic rings. The first-order chi connectivity index (χ1) is 14.3. The Hall–Kier alpha value is -3.46. The van der Waals surface area contributed by atoms with Crippen LogP contribution in [-0.4, -0.2) is 37.4 Å². The van der Waals surface area contributed by atoms with Gasteiger partial charge in [0.25, 0.3) is 5.91 Å². The van der Waals surface area contributed by atoms with E-state index in [1.807, 2.05) is 0 Å². The summed E-state index contributed by atoms with van der Waals surface area (Å²) in [5.41, 5.74) is 0.400. The van der Waals surface area contributed by atoms with Crippen molar-refractivity contribution in [3.8, 4) is 0 Å². The highest BCUT2D eigenvalue weighted by Gasteiger charge is 2.40. The summed E-state index contributed by atoms with van der Waals surface area (Å²) in [6.45, 7) is 3.32. The van der Waals surface area contributed by atoms with Gasteiger partial charge in [-0.05, 0) is 26.0 Å². The van der Waals surface area contributed by atoms with Gasteiger partial charge in [-0.2, -0.15) is 0 Å². The van der Waals surface area contributed by atoms with Crippen LogP contribution in [0.15, 0.2) is 45.6 Å². The number of furan rings is 1. The first-order valence-corrected chi connectivity index (χ1v) is 9.53. The third-order valence-corrected chi connectivity index (χ3v) is 5.23. The van der Waals surface area contributed by atoms with Crippen LogP contribution in [0.4, 0.5) is 4.39 Å². The molecule has 154 valence electrons. The predicted molar refractivity (Wildman–Crippen MR) is 103 cm³/mol. The van der Waals surface area contributed by atoms with Crippen molar-refractivity contribution < 1.29 is 23.1 Å². The van der Waals surface area contributed by atoms with E-state index >= 15 is 4.39 Å². The Bertz CT molecular complexity index is 1250. The van der Waals surface area contributed by atoms with Crippen molar-refractivity contribution in [2.45, 2.75) is 31.9 Å². The second-order valence-corrected chi connectivity index (χ2v) is 7.78. The number of nitrogens with one attached hydrogen (secondary N) is 1. The van der Waals surface area contributed by atoms with Crippen LogP contribution in [0, 0.1) is 5.82 Å². The molecule has 9 heteroatoms. The number of para-hydroxylation sites is 1. The van der Waals surface area contributed by atoms with E-state index in [9.17, 15) is 9.90 Å². The molecular weight excluding hydrogens is 391 g/mol. The van der Waals surface area contributed by atoms with Crippen molar-refractivity contribution in [3.63, 3.8) is 0 Å². The highest BCUT2D eigenvalue weighted by Crippen LogP contribution is 2.39. The van der Waals surface area contributed by atoms with Crippen LogP contribution in [0.2, 0.25) is 0 Å². The summed E-state index contributed by atoms with van der Waals surface area (Å²) in [5.74, 6) is -1.03. The number of carbonyl (C=O) groups is 1. The lowest BCUT2D eigenvalue weighted by Crippen LogP contribution is -2.40. The van der Waals surface area contributed by atoms with Gasteiger partial charge < -0.3 is 23.8 Å². The van der Waals surface area contributed by atoms with Crippen LogP contribution in [-0.2, 0) is 12.0 Å². The molecule has 1 aromatic carbocycles. The normalized spacial score (nSPS) is 16.8. The Labute approximate surface area is 170 Å². The number of amides is 1. The molecule has 1 aliphatic rings. The van der Waals surface area contributed by atoms with E-state index in [0.717, 1.165) is 5.69 Å². The van der Waals surface area contributed by atoms with Crippen molar-refractivity contribution in [2.24, 2.45) is 0 Å². The zero-order valence-corrected chi connectivity index (χ0v) is 16.3. The number of H-pyrrole nitrogens is 1. The first-order valence-electron chi connectivity index (χ1n) is 9.53. The van der Waals surface area contributed by atoms with Crippen LogP contribution < -0.4 is 0 Å². The van der Waals surface area contributed by atoms with E-state index in [0.29, 0.717) is 29.6 Å². The van der Waals surface area contributed by atoms with Gasteiger partial charge in [0.1, 0.15) is 17.2 Å². The molecule has 8 nitrogen and oxygen atoms in total. The van der Waals surface area contributed by atoms with Crippen LogP contribution in [0.3, 0.4) is 0 Å². The molecule has 1 atom stereocenters. The number of halogens is 1. The number of hydrogen-bond donors (Lipinski definition) is 2. The number of hydrogen-bond acceptors (Lipinski definition) is 6. The fourth-order valence-electron chi connectivity index (χ4n) is 3.77. The molecule has 0 spiro atoms. The van der Waals surface area contributed by atoms with Crippen molar-refractivity contribution in [2.75, 3.05) is 6.54 Å². The Morgan fingerprint density at radius 2 is 2.10 bits per heavy atom. The van der Waals surface area contributed by atoms with E-state index in [1.165, 1.54) is 31.3 Å². The second-order valence-electron chi connectivity index (χ2n) is 7.78. The van der Waals surface area contributed by atoms with Gasteiger partial charge in [0.05, 0.1) is 23.6 Å². The third kappa shape index (κ3) is 2.81. The van der Waals surface area contributed by atoms with Crippen molar-refractivity contribution >= 4 is 16.9 Å². The van der Waals surface area contributed by atoms with Crippen molar-refractivity contribution in [1.82, 2.24) is 19.9 Å². The van der Waals surface area contributed by atoms with Gasteiger partial charge >= 0.3 is 0 Å². The summed E-state index contributed by atoms with van der Waals surface area (Å²) in [5, 5.41) is 10.4. The Kier molecular flexibility index (Phi) is 4.04. The third-order valence-electron chi connectivity index (χ3n) is 5.23. The zero-order chi connectivity index (χ0) is 21.0. The molecule has 0 aliphatic carbocycles. The summed E-state index contributed by atoms with van der Waals surface area (Å²) < 4.78 is 26.6. The lowest BCUT2D eigenvalue weighted by atomic mass is 9.99. The monoisotopic (exact) mass is 410 g/mol. The number of nitrogens with zero attached hydrogens (tertiary/aromatic N) is 3. The second kappa shape index (κ2) is 6.53. The lowest BCUT2D eigenvalue weighted by molar-refractivity contribution is 0.0437. The van der Waals surface area contributed by atoms with Crippen LogP contribution in [0.5, 0.6) is 0 Å². The van der Waals surface area contributed by atoms with E-state index in [1.54, 1.807) is 24.3 Å². The molecule has 0 fully saturated rings. The van der Waals surface area contributed by atoms with E-state index in [4.69, 9.17) is 8.83 Å². The summed E-state index contributed by atoms with van der Waals surface area (Å²) in [6.07, 6.45) is 3.31. The summed E-state index contributed by atoms with van der Waals surface area (Å²) >= 11 is 0. The maximum atomic E-state index is 15.3. The van der Waals surface area contributed by atoms with Crippen molar-refractivity contribution in [3.05, 3.63) is 71.4 Å². The topological polar surface area (TPSA) is 108 Å². The zero-order valence-electron chi connectivity index (χ0n) is 16.3. The van der Waals surface area contributed by atoms with Gasteiger partial charge in [0, 0.05) is 18.7 Å². The SMILES string of the molecule is CC(C)(O)c1ncc(C(=O)N2CCc3[nH]cnc3[C@@H]2c2oc3ccccc3c2F)o1. The highest BCUT2D eigenvalue weighted by molar-refractivity contribution is 5.92. The molecule has 0 unspecified atom stereocenters. The van der Waals surface area contributed by atoms with E-state index < -0.39 is 23.4 Å². The summed E-state index contributed by atoms with van der Waals surface area (Å²) in [6, 6.07) is 5.92. The van der Waals surface area contributed by atoms with Gasteiger partial charge in [-0.15, -0.1) is 0 Å². The molecule has 1 aliphatic heterocycles. The fraction of sp³-hybridized carbons (Fsp3) is 0.286. The molecule has 0 bridgehead atoms. The summed E-state index contributed by atoms with van der Waals surface area (Å²) in [7, 11) is 0. The van der Waals surface area contributed by atoms with Gasteiger partial charge in [0.15, 0.2) is 11.6 Å². The number of oxazole rings is 1. The Balaban J connectivity index is 1.61. The molecule has 5 rings (SSSR count). The molecular formula is C21H19FN4O4. The van der Waals surface area contributed by atoms with Crippen molar-refractivity contribution in [1.29, 1.82) is 0 Å². The number of benzene rings is 1. The molecule has 0 saturated heterocycles. The largest absolute Gasteiger partial charge is 0.455 e. The molecule has 1 amide bonds. The molecule has 4 heterocycles. The molecule has 0 saturated carbocycles. The maximum absolute atomic E-state index is 15.3. The van der Waals surface area contributed by atoms with Gasteiger partial charge in [-0.3, -0.25) is 4.79 Å². The quantitative estimate of drug-likeness (QED) is 0.537. The minimum absolute atomic E-state index is 0.0137. The van der Waals surface area contributed by atoms with Gasteiger partial charge in [-0.1, -0.05) is 12.1 Å². The number of imidazole rings is 1. The molecule has 2 N–H and O–H groups in total. The summed E-state index contributed by atoms with van der Waals surface area (Å²) in [4.78, 5) is 26.1. The van der Waals surface area contributed by atoms with E-state index in [-0.39, 0.29) is 17.4 Å². The average molecular weight is 410 g/mol. The molecule has 30 heavy (non-hydrogen) atoms. The minimum atomic E-state index is -1.33. The van der Waals surface area contributed by atoms with Gasteiger partial charge in [0.2, 0.25) is 11.7 Å². The number of rotatable bonds is 3. The number of carbonyl (C=O) groups excluding carboxylic acids is 1. The van der Waals surface area contributed by atoms with Crippen LogP contribution >= 0.6 is 0 Å². The van der Waals surface area contributed by atoms with Crippen LogP contribution in [0.1, 0.15) is 53.5 Å². The maximum Gasteiger partial charge on any atom is 0.292 e. The van der Waals surface area contributed by atoms with E-state index in [2.05, 4.69) is 15.0 Å². The highest BCUT2D eigenvalue weighted by atomic mass is 19.1. The predicted octanol–water partition coefficient (Wildman–Crippen LogP) is 3.30. The number of aromatic amines is 1. The molecule has 0 radical (unpaired) electrons. The Morgan fingerprint density at radius 1 is 1.30 bits per heavy atom. The number of fused-ring (bicyclic) bond motifs is 2. The standard InChI is InChI=1S/C21H19FN4O4/c1-21(2,28)20-23-9-14(30-20)19(27)26-8-7-12-16(25-10-24-12)17(26)18-15(22)11-5-3-4-6-13(11)29-18/h3-6,9-10,17,28H,7-8H2,1-2H3,(H,24,25)/t17-/m1/s1. The lowest BCUT2D eigenvalue weighted by Gasteiger charge is -2.33. The smallest absolute Gasteiger partial charge is 0.292 e. The van der Waals surface area contributed by atoms with Crippen LogP contribution in [0.25, 0.3) is 11.0 Å². The first kappa shape index (κ1) is 18.6. The number of aliphatic hydroxyl groups is 1. The molecule has 3 aromatic heterocycles.